The lowest BCUT2D eigenvalue weighted by atomic mass is 9.98. The normalized spacial score (nSPS) is 16.6. The zero-order valence-electron chi connectivity index (χ0n) is 14.6. The fourth-order valence-corrected chi connectivity index (χ4v) is 3.04. The number of ether oxygens (including phenoxy) is 2. The Morgan fingerprint density at radius 2 is 1.92 bits per heavy atom. The zero-order chi connectivity index (χ0) is 17.2. The highest BCUT2D eigenvalue weighted by Crippen LogP contribution is 2.42. The molecule has 0 radical (unpaired) electrons. The maximum atomic E-state index is 12.8. The van der Waals surface area contributed by atoms with E-state index in [0.29, 0.717) is 12.5 Å². The molecule has 0 aromatic heterocycles. The summed E-state index contributed by atoms with van der Waals surface area (Å²) in [5, 5.41) is 5.05. The van der Waals surface area contributed by atoms with Crippen LogP contribution in [0.5, 0.6) is 5.75 Å². The minimum Gasteiger partial charge on any atom is -0.493 e. The molecular weight excluding hydrogens is 302 g/mol. The molecule has 0 unspecified atom stereocenters. The summed E-state index contributed by atoms with van der Waals surface area (Å²) in [6.45, 7) is 4.64. The Balaban J connectivity index is 1.91. The second-order valence-electron chi connectivity index (χ2n) is 6.54. The van der Waals surface area contributed by atoms with Crippen LogP contribution >= 0.6 is 0 Å². The molecule has 0 heterocycles. The van der Waals surface area contributed by atoms with Crippen molar-refractivity contribution in [2.24, 2.45) is 5.92 Å². The molecule has 2 aromatic rings. The van der Waals surface area contributed by atoms with Gasteiger partial charge in [0.1, 0.15) is 11.4 Å². The van der Waals surface area contributed by atoms with Gasteiger partial charge in [-0.05, 0) is 44.2 Å². The highest BCUT2D eigenvalue weighted by Gasteiger charge is 2.47. The van der Waals surface area contributed by atoms with Crippen molar-refractivity contribution in [2.75, 3.05) is 19.0 Å². The molecule has 1 aliphatic carbocycles. The Kier molecular flexibility index (Phi) is 4.76. The smallest absolute Gasteiger partial charge is 0.256 e. The molecule has 4 nitrogen and oxygen atoms in total. The third-order valence-corrected chi connectivity index (χ3v) is 4.83. The molecule has 1 aliphatic rings. The second kappa shape index (κ2) is 6.81. The summed E-state index contributed by atoms with van der Waals surface area (Å²) >= 11 is 0. The van der Waals surface area contributed by atoms with Crippen LogP contribution in [0.15, 0.2) is 36.4 Å². The molecule has 4 heteroatoms. The van der Waals surface area contributed by atoms with Crippen molar-refractivity contribution >= 4 is 22.4 Å². The summed E-state index contributed by atoms with van der Waals surface area (Å²) < 4.78 is 11.4. The summed E-state index contributed by atoms with van der Waals surface area (Å²) in [4.78, 5) is 12.8. The van der Waals surface area contributed by atoms with Crippen LogP contribution in [0.4, 0.5) is 5.69 Å². The van der Waals surface area contributed by atoms with E-state index in [0.717, 1.165) is 41.5 Å². The molecule has 2 aromatic carbocycles. The van der Waals surface area contributed by atoms with E-state index in [2.05, 4.69) is 12.2 Å². The average Bonchev–Trinajstić information content (AvgIpc) is 3.45. The van der Waals surface area contributed by atoms with E-state index in [1.807, 2.05) is 43.3 Å². The number of rotatable bonds is 7. The monoisotopic (exact) mass is 327 g/mol. The summed E-state index contributed by atoms with van der Waals surface area (Å²) in [7, 11) is 1.61. The summed E-state index contributed by atoms with van der Waals surface area (Å²) in [5.41, 5.74) is 0.0294. The van der Waals surface area contributed by atoms with Gasteiger partial charge in [0.2, 0.25) is 0 Å². The SMILES string of the molecule is CCCOc1ccc(NC(=O)[C@](C)(OC)C2CC2)c2ccccc12. The van der Waals surface area contributed by atoms with Gasteiger partial charge in [-0.2, -0.15) is 0 Å². The van der Waals surface area contributed by atoms with E-state index in [1.54, 1.807) is 7.11 Å². The number of carbonyl (C=O) groups is 1. The molecule has 0 bridgehead atoms. The van der Waals surface area contributed by atoms with Crippen molar-refractivity contribution in [3.8, 4) is 5.75 Å². The first-order valence-electron chi connectivity index (χ1n) is 8.61. The molecule has 128 valence electrons. The van der Waals surface area contributed by atoms with Crippen molar-refractivity contribution < 1.29 is 14.3 Å². The van der Waals surface area contributed by atoms with Gasteiger partial charge in [0.05, 0.1) is 6.61 Å². The molecule has 1 atom stereocenters. The third-order valence-electron chi connectivity index (χ3n) is 4.83. The predicted molar refractivity (Wildman–Crippen MR) is 96.5 cm³/mol. The second-order valence-corrected chi connectivity index (χ2v) is 6.54. The number of hydrogen-bond acceptors (Lipinski definition) is 3. The van der Waals surface area contributed by atoms with Gasteiger partial charge in [-0.15, -0.1) is 0 Å². The first-order valence-corrected chi connectivity index (χ1v) is 8.61. The van der Waals surface area contributed by atoms with Crippen LogP contribution in [0.25, 0.3) is 10.8 Å². The highest BCUT2D eigenvalue weighted by atomic mass is 16.5. The van der Waals surface area contributed by atoms with Crippen LogP contribution in [-0.2, 0) is 9.53 Å². The van der Waals surface area contributed by atoms with E-state index in [4.69, 9.17) is 9.47 Å². The fraction of sp³-hybridized carbons (Fsp3) is 0.450. The van der Waals surface area contributed by atoms with E-state index < -0.39 is 5.60 Å². The van der Waals surface area contributed by atoms with E-state index >= 15 is 0 Å². The minimum absolute atomic E-state index is 0.0834. The highest BCUT2D eigenvalue weighted by molar-refractivity contribution is 6.06. The lowest BCUT2D eigenvalue weighted by Crippen LogP contribution is -2.44. The Hall–Kier alpha value is -2.07. The van der Waals surface area contributed by atoms with Crippen LogP contribution in [-0.4, -0.2) is 25.2 Å². The number of methoxy groups -OCH3 is 1. The molecule has 1 fully saturated rings. The van der Waals surface area contributed by atoms with Gasteiger partial charge in [0.25, 0.3) is 5.91 Å². The number of hydrogen-bond donors (Lipinski definition) is 1. The van der Waals surface area contributed by atoms with Crippen molar-refractivity contribution in [3.05, 3.63) is 36.4 Å². The van der Waals surface area contributed by atoms with Crippen LogP contribution in [0.1, 0.15) is 33.1 Å². The quantitative estimate of drug-likeness (QED) is 0.821. The molecular formula is C20H25NO3. The topological polar surface area (TPSA) is 47.6 Å². The van der Waals surface area contributed by atoms with Crippen LogP contribution in [0.3, 0.4) is 0 Å². The van der Waals surface area contributed by atoms with Crippen LogP contribution < -0.4 is 10.1 Å². The molecule has 1 saturated carbocycles. The summed E-state index contributed by atoms with van der Waals surface area (Å²) in [6.07, 6.45) is 3.05. The number of nitrogens with one attached hydrogen (secondary N) is 1. The van der Waals surface area contributed by atoms with Gasteiger partial charge in [-0.25, -0.2) is 0 Å². The molecule has 0 saturated heterocycles. The van der Waals surface area contributed by atoms with Crippen LogP contribution in [0.2, 0.25) is 0 Å². The molecule has 3 rings (SSSR count). The Morgan fingerprint density at radius 3 is 2.54 bits per heavy atom. The Bertz CT molecular complexity index is 739. The van der Waals surface area contributed by atoms with Gasteiger partial charge in [0, 0.05) is 23.6 Å². The standard InChI is InChI=1S/C20H25NO3/c1-4-13-24-18-12-11-17(15-7-5-6-8-16(15)18)21-19(22)20(2,23-3)14-9-10-14/h5-8,11-12,14H,4,9-10,13H2,1-3H3,(H,21,22)/t20-/m1/s1. The lowest BCUT2D eigenvalue weighted by Gasteiger charge is -2.27. The number of amides is 1. The fourth-order valence-electron chi connectivity index (χ4n) is 3.04. The largest absolute Gasteiger partial charge is 0.493 e. The van der Waals surface area contributed by atoms with Crippen molar-refractivity contribution in [3.63, 3.8) is 0 Å². The third kappa shape index (κ3) is 3.11. The number of benzene rings is 2. The number of fused-ring (bicyclic) bond motifs is 1. The maximum absolute atomic E-state index is 12.8. The lowest BCUT2D eigenvalue weighted by molar-refractivity contribution is -0.138. The van der Waals surface area contributed by atoms with E-state index in [-0.39, 0.29) is 5.91 Å². The number of carbonyl (C=O) groups excluding carboxylic acids is 1. The van der Waals surface area contributed by atoms with Crippen LogP contribution in [0, 0.1) is 5.92 Å². The van der Waals surface area contributed by atoms with Crippen molar-refractivity contribution in [2.45, 2.75) is 38.7 Å². The predicted octanol–water partition coefficient (Wildman–Crippen LogP) is 4.38. The van der Waals surface area contributed by atoms with Gasteiger partial charge in [-0.1, -0.05) is 31.2 Å². The number of anilines is 1. The molecule has 24 heavy (non-hydrogen) atoms. The van der Waals surface area contributed by atoms with Gasteiger partial charge >= 0.3 is 0 Å². The Morgan fingerprint density at radius 1 is 1.21 bits per heavy atom. The van der Waals surface area contributed by atoms with E-state index in [1.165, 1.54) is 0 Å². The van der Waals surface area contributed by atoms with Gasteiger partial charge < -0.3 is 14.8 Å². The first-order chi connectivity index (χ1) is 11.6. The van der Waals surface area contributed by atoms with Gasteiger partial charge in [0.15, 0.2) is 0 Å². The minimum atomic E-state index is -0.765. The maximum Gasteiger partial charge on any atom is 0.256 e. The molecule has 0 spiro atoms. The Labute approximate surface area is 143 Å². The average molecular weight is 327 g/mol. The van der Waals surface area contributed by atoms with Gasteiger partial charge in [-0.3, -0.25) is 4.79 Å². The summed E-state index contributed by atoms with van der Waals surface area (Å²) in [5.74, 6) is 1.07. The molecule has 1 N–H and O–H groups in total. The first kappa shape index (κ1) is 16.8. The van der Waals surface area contributed by atoms with Crippen molar-refractivity contribution in [1.29, 1.82) is 0 Å². The van der Waals surface area contributed by atoms with Crippen molar-refractivity contribution in [1.82, 2.24) is 0 Å². The van der Waals surface area contributed by atoms with E-state index in [9.17, 15) is 4.79 Å². The summed E-state index contributed by atoms with van der Waals surface area (Å²) in [6, 6.07) is 11.8. The zero-order valence-corrected chi connectivity index (χ0v) is 14.6. The molecule has 0 aliphatic heterocycles. The molecule has 1 amide bonds.